The maximum Gasteiger partial charge on any atom is 0.194 e. The van der Waals surface area contributed by atoms with Gasteiger partial charge in [0.25, 0.3) is 0 Å². The zero-order valence-electron chi connectivity index (χ0n) is 15.5. The van der Waals surface area contributed by atoms with Gasteiger partial charge in [0.05, 0.1) is 0 Å². The lowest BCUT2D eigenvalue weighted by molar-refractivity contribution is 0.104. The van der Waals surface area contributed by atoms with Gasteiger partial charge in [-0.25, -0.2) is 0 Å². The Labute approximate surface area is 186 Å². The Morgan fingerprint density at radius 2 is 1.07 bits per heavy atom. The van der Waals surface area contributed by atoms with Crippen molar-refractivity contribution in [3.05, 3.63) is 116 Å². The van der Waals surface area contributed by atoms with Crippen LogP contribution in [0.25, 0.3) is 22.3 Å². The Kier molecular flexibility index (Phi) is 4.73. The maximum atomic E-state index is 12.0. The molecule has 4 aromatic carbocycles. The van der Waals surface area contributed by atoms with Crippen LogP contribution in [0.5, 0.6) is 0 Å². The maximum absolute atomic E-state index is 12.0. The summed E-state index contributed by atoms with van der Waals surface area (Å²) in [6, 6.07) is 28.7. The molecule has 0 aromatic heterocycles. The number of ketones is 1. The average molecular weight is 504 g/mol. The minimum atomic E-state index is 0.133. The van der Waals surface area contributed by atoms with Crippen molar-refractivity contribution >= 4 is 37.6 Å². The second-order valence-electron chi connectivity index (χ2n) is 7.20. The average Bonchev–Trinajstić information content (AvgIpc) is 3.24. The van der Waals surface area contributed by atoms with Crippen LogP contribution in [-0.2, 0) is 6.42 Å². The molecule has 1 nitrogen and oxygen atoms in total. The van der Waals surface area contributed by atoms with Crippen LogP contribution in [0.3, 0.4) is 0 Å². The molecule has 0 heterocycles. The number of hydrogen-bond acceptors (Lipinski definition) is 1. The third kappa shape index (κ3) is 3.29. The molecule has 3 heteroatoms. The molecule has 0 atom stereocenters. The number of carbonyl (C=O) groups is 1. The van der Waals surface area contributed by atoms with Crippen molar-refractivity contribution in [3.63, 3.8) is 0 Å². The van der Waals surface area contributed by atoms with Gasteiger partial charge in [0.1, 0.15) is 0 Å². The van der Waals surface area contributed by atoms with Crippen LogP contribution >= 0.6 is 31.9 Å². The summed E-state index contributed by atoms with van der Waals surface area (Å²) in [4.78, 5) is 12.0. The first kappa shape index (κ1) is 18.5. The lowest BCUT2D eigenvalue weighted by atomic mass is 10.1. The molecule has 0 saturated heterocycles. The number of hydrogen-bond donors (Lipinski definition) is 0. The number of halogens is 2. The summed E-state index contributed by atoms with van der Waals surface area (Å²) in [5.74, 6) is 0.133. The fraction of sp³-hybridized carbons (Fsp3) is 0.0385. The summed E-state index contributed by atoms with van der Waals surface area (Å²) in [5.41, 5.74) is 9.35. The lowest BCUT2D eigenvalue weighted by Crippen LogP contribution is -1.93. The second-order valence-corrected chi connectivity index (χ2v) is 9.03. The molecule has 140 valence electrons. The monoisotopic (exact) mass is 502 g/mol. The van der Waals surface area contributed by atoms with Crippen molar-refractivity contribution in [3.8, 4) is 22.3 Å². The minimum absolute atomic E-state index is 0.133. The van der Waals surface area contributed by atoms with Gasteiger partial charge in [-0.2, -0.15) is 0 Å². The van der Waals surface area contributed by atoms with Crippen LogP contribution in [-0.4, -0.2) is 5.78 Å². The molecule has 0 saturated carbocycles. The SMILES string of the molecule is Brc1ccc2c(c1)-c1ccccc1C2.O=C1c2ccccc2-c2cc(Br)ccc21. The van der Waals surface area contributed by atoms with Crippen molar-refractivity contribution in [2.45, 2.75) is 6.42 Å². The molecule has 0 bridgehead atoms. The molecule has 0 spiro atoms. The summed E-state index contributed by atoms with van der Waals surface area (Å²) in [6.07, 6.45) is 1.08. The first-order valence-electron chi connectivity index (χ1n) is 9.42. The van der Waals surface area contributed by atoms with E-state index in [1.54, 1.807) is 0 Å². The molecule has 0 N–H and O–H groups in total. The number of benzene rings is 4. The van der Waals surface area contributed by atoms with E-state index in [-0.39, 0.29) is 5.78 Å². The Bertz CT molecular complexity index is 1270. The van der Waals surface area contributed by atoms with E-state index >= 15 is 0 Å². The number of rotatable bonds is 0. The standard InChI is InChI=1S/C13H7BrO.C13H9Br/c14-8-5-6-11-12(7-8)9-3-1-2-4-10(9)13(11)15;14-11-6-5-10-7-9-3-1-2-4-12(9)13(10)8-11/h1-7H;1-6,8H,7H2. The van der Waals surface area contributed by atoms with Gasteiger partial charge in [0, 0.05) is 20.1 Å². The first-order chi connectivity index (χ1) is 14.1. The Hall–Kier alpha value is -2.49. The Balaban J connectivity index is 0.000000125. The molecule has 0 fully saturated rings. The second kappa shape index (κ2) is 7.40. The lowest BCUT2D eigenvalue weighted by Gasteiger charge is -2.00. The highest BCUT2D eigenvalue weighted by atomic mass is 79.9. The summed E-state index contributed by atoms with van der Waals surface area (Å²) in [6.45, 7) is 0. The van der Waals surface area contributed by atoms with Crippen LogP contribution < -0.4 is 0 Å². The molecule has 6 rings (SSSR count). The van der Waals surface area contributed by atoms with Crippen molar-refractivity contribution in [1.29, 1.82) is 0 Å². The van der Waals surface area contributed by atoms with Gasteiger partial charge in [0.15, 0.2) is 5.78 Å². The molecule has 0 unspecified atom stereocenters. The van der Waals surface area contributed by atoms with Gasteiger partial charge in [-0.15, -0.1) is 0 Å². The van der Waals surface area contributed by atoms with Gasteiger partial charge in [-0.05, 0) is 70.1 Å². The van der Waals surface area contributed by atoms with E-state index in [2.05, 4.69) is 74.3 Å². The molecule has 0 radical (unpaired) electrons. The zero-order chi connectivity index (χ0) is 20.0. The minimum Gasteiger partial charge on any atom is -0.289 e. The molecule has 2 aliphatic carbocycles. The fourth-order valence-corrected chi connectivity index (χ4v) is 4.82. The normalized spacial score (nSPS) is 12.4. The molecule has 4 aromatic rings. The van der Waals surface area contributed by atoms with Crippen LogP contribution in [0.15, 0.2) is 93.9 Å². The van der Waals surface area contributed by atoms with E-state index in [0.717, 1.165) is 37.6 Å². The zero-order valence-corrected chi connectivity index (χ0v) is 18.6. The van der Waals surface area contributed by atoms with Gasteiger partial charge in [0.2, 0.25) is 0 Å². The summed E-state index contributed by atoms with van der Waals surface area (Å²) >= 11 is 6.94. The van der Waals surface area contributed by atoms with Gasteiger partial charge in [-0.1, -0.05) is 86.5 Å². The molecular formula is C26H16Br2O. The van der Waals surface area contributed by atoms with Crippen molar-refractivity contribution in [1.82, 2.24) is 0 Å². The van der Waals surface area contributed by atoms with E-state index in [1.807, 2.05) is 42.5 Å². The summed E-state index contributed by atoms with van der Waals surface area (Å²) in [7, 11) is 0. The van der Waals surface area contributed by atoms with Gasteiger partial charge in [-0.3, -0.25) is 4.79 Å². The fourth-order valence-electron chi connectivity index (χ4n) is 4.09. The molecule has 29 heavy (non-hydrogen) atoms. The summed E-state index contributed by atoms with van der Waals surface area (Å²) < 4.78 is 2.17. The predicted molar refractivity (Wildman–Crippen MR) is 125 cm³/mol. The van der Waals surface area contributed by atoms with Crippen molar-refractivity contribution in [2.24, 2.45) is 0 Å². The molecule has 0 aliphatic heterocycles. The highest BCUT2D eigenvalue weighted by Gasteiger charge is 2.25. The van der Waals surface area contributed by atoms with E-state index in [9.17, 15) is 4.79 Å². The van der Waals surface area contributed by atoms with Crippen LogP contribution in [0.2, 0.25) is 0 Å². The van der Waals surface area contributed by atoms with Crippen molar-refractivity contribution in [2.75, 3.05) is 0 Å². The highest BCUT2D eigenvalue weighted by Crippen LogP contribution is 2.38. The van der Waals surface area contributed by atoms with Gasteiger partial charge >= 0.3 is 0 Å². The van der Waals surface area contributed by atoms with Crippen molar-refractivity contribution < 1.29 is 4.79 Å². The van der Waals surface area contributed by atoms with E-state index < -0.39 is 0 Å². The van der Waals surface area contributed by atoms with E-state index in [1.165, 1.54) is 22.3 Å². The van der Waals surface area contributed by atoms with Crippen LogP contribution in [0.4, 0.5) is 0 Å². The molecular weight excluding hydrogens is 488 g/mol. The molecule has 2 aliphatic rings. The summed E-state index contributed by atoms with van der Waals surface area (Å²) in [5, 5.41) is 0. The van der Waals surface area contributed by atoms with Crippen LogP contribution in [0.1, 0.15) is 27.0 Å². The third-order valence-corrected chi connectivity index (χ3v) is 6.43. The number of fused-ring (bicyclic) bond motifs is 6. The predicted octanol–water partition coefficient (Wildman–Crippen LogP) is 7.68. The smallest absolute Gasteiger partial charge is 0.194 e. The first-order valence-corrected chi connectivity index (χ1v) is 11.0. The quantitative estimate of drug-likeness (QED) is 0.208. The highest BCUT2D eigenvalue weighted by molar-refractivity contribution is 9.10. The molecule has 0 amide bonds. The number of carbonyl (C=O) groups excluding carboxylic acids is 1. The topological polar surface area (TPSA) is 17.1 Å². The van der Waals surface area contributed by atoms with E-state index in [0.29, 0.717) is 0 Å². The van der Waals surface area contributed by atoms with E-state index in [4.69, 9.17) is 0 Å². The Morgan fingerprint density at radius 3 is 1.86 bits per heavy atom. The Morgan fingerprint density at radius 1 is 0.517 bits per heavy atom. The van der Waals surface area contributed by atoms with Crippen LogP contribution in [0, 0.1) is 0 Å². The van der Waals surface area contributed by atoms with Gasteiger partial charge < -0.3 is 0 Å². The largest absolute Gasteiger partial charge is 0.289 e. The third-order valence-electron chi connectivity index (χ3n) is 5.45.